The zero-order chi connectivity index (χ0) is 12.4. The molecule has 102 valence electrons. The smallest absolute Gasteiger partial charge is 0.165 e. The molecule has 0 radical (unpaired) electrons. The summed E-state index contributed by atoms with van der Waals surface area (Å²) in [4.78, 5) is 0. The average Bonchev–Trinajstić information content (AvgIpc) is 2.35. The van der Waals surface area contributed by atoms with Gasteiger partial charge in [-0.15, -0.1) is 12.4 Å². The Balaban J connectivity index is 0.00000162. The Morgan fingerprint density at radius 1 is 1.28 bits per heavy atom. The van der Waals surface area contributed by atoms with Gasteiger partial charge in [0.15, 0.2) is 11.6 Å². The molecule has 0 amide bonds. The van der Waals surface area contributed by atoms with Crippen LogP contribution < -0.4 is 5.73 Å². The summed E-state index contributed by atoms with van der Waals surface area (Å²) in [6.45, 7) is 1.87. The van der Waals surface area contributed by atoms with Gasteiger partial charge in [-0.1, -0.05) is 25.3 Å². The van der Waals surface area contributed by atoms with Crippen molar-refractivity contribution in [3.8, 4) is 5.75 Å². The molecule has 1 saturated carbocycles. The number of nitrogens with two attached hydrogens (primary N) is 1. The molecule has 1 aliphatic carbocycles. The van der Waals surface area contributed by atoms with Crippen molar-refractivity contribution >= 4 is 12.4 Å². The van der Waals surface area contributed by atoms with Crippen LogP contribution >= 0.6 is 12.4 Å². The minimum Gasteiger partial charge on any atom is -0.505 e. The predicted molar refractivity (Wildman–Crippen MR) is 73.6 cm³/mol. The van der Waals surface area contributed by atoms with Gasteiger partial charge in [-0.2, -0.15) is 0 Å². The van der Waals surface area contributed by atoms with E-state index in [1.54, 1.807) is 6.07 Å². The topological polar surface area (TPSA) is 46.2 Å². The Morgan fingerprint density at radius 2 is 1.89 bits per heavy atom. The van der Waals surface area contributed by atoms with Gasteiger partial charge < -0.3 is 10.8 Å². The van der Waals surface area contributed by atoms with E-state index in [-0.39, 0.29) is 24.2 Å². The van der Waals surface area contributed by atoms with E-state index in [0.29, 0.717) is 11.5 Å². The van der Waals surface area contributed by atoms with Crippen LogP contribution in [0.25, 0.3) is 0 Å². The predicted octanol–water partition coefficient (Wildman–Crippen LogP) is 3.84. The molecule has 18 heavy (non-hydrogen) atoms. The monoisotopic (exact) mass is 273 g/mol. The first kappa shape index (κ1) is 15.3. The molecular formula is C14H21ClFNO. The summed E-state index contributed by atoms with van der Waals surface area (Å²) < 4.78 is 13.4. The van der Waals surface area contributed by atoms with E-state index in [4.69, 9.17) is 5.73 Å². The first-order valence-corrected chi connectivity index (χ1v) is 6.35. The number of benzene rings is 1. The minimum atomic E-state index is -0.572. The second kappa shape index (κ2) is 6.39. The molecule has 0 unspecified atom stereocenters. The first-order chi connectivity index (χ1) is 8.11. The number of hydrogen-bond donors (Lipinski definition) is 2. The van der Waals surface area contributed by atoms with Crippen LogP contribution in [0.3, 0.4) is 0 Å². The summed E-state index contributed by atoms with van der Waals surface area (Å²) in [5, 5.41) is 9.82. The van der Waals surface area contributed by atoms with Gasteiger partial charge in [-0.25, -0.2) is 4.39 Å². The zero-order valence-corrected chi connectivity index (χ0v) is 11.5. The molecule has 0 bridgehead atoms. The third kappa shape index (κ3) is 2.96. The molecule has 0 spiro atoms. The van der Waals surface area contributed by atoms with Crippen LogP contribution in [0.5, 0.6) is 5.75 Å². The zero-order valence-electron chi connectivity index (χ0n) is 10.7. The lowest BCUT2D eigenvalue weighted by Gasteiger charge is -2.29. The number of halogens is 2. The van der Waals surface area contributed by atoms with Crippen LogP contribution in [0.1, 0.15) is 49.3 Å². The van der Waals surface area contributed by atoms with Crippen molar-refractivity contribution in [1.29, 1.82) is 0 Å². The second-order valence-corrected chi connectivity index (χ2v) is 5.05. The Kier molecular flexibility index (Phi) is 5.42. The SMILES string of the molecule is Cc1ccc(F)c(O)c1[C@H](N)C1CCCCC1.Cl. The van der Waals surface area contributed by atoms with Crippen LogP contribution in [-0.2, 0) is 0 Å². The summed E-state index contributed by atoms with van der Waals surface area (Å²) in [6.07, 6.45) is 5.80. The van der Waals surface area contributed by atoms with E-state index in [2.05, 4.69) is 0 Å². The molecule has 4 heteroatoms. The number of hydrogen-bond acceptors (Lipinski definition) is 2. The molecule has 0 saturated heterocycles. The standard InChI is InChI=1S/C14H20FNO.ClH/c1-9-7-8-11(15)14(17)12(9)13(16)10-5-3-2-4-6-10;/h7-8,10,13,17H,2-6,16H2,1H3;1H/t13-;/m1./s1. The molecule has 1 fully saturated rings. The van der Waals surface area contributed by atoms with Crippen LogP contribution in [0, 0.1) is 18.7 Å². The molecule has 1 aromatic rings. The van der Waals surface area contributed by atoms with Gasteiger partial charge in [0.1, 0.15) is 0 Å². The molecule has 1 aliphatic rings. The minimum absolute atomic E-state index is 0. The van der Waals surface area contributed by atoms with Gasteiger partial charge in [-0.3, -0.25) is 0 Å². The van der Waals surface area contributed by atoms with E-state index in [1.165, 1.54) is 25.3 Å². The Labute approximate surface area is 114 Å². The highest BCUT2D eigenvalue weighted by molar-refractivity contribution is 5.85. The van der Waals surface area contributed by atoms with Crippen molar-refractivity contribution < 1.29 is 9.50 Å². The van der Waals surface area contributed by atoms with Gasteiger partial charge in [0, 0.05) is 11.6 Å². The van der Waals surface area contributed by atoms with Crippen LogP contribution in [0.4, 0.5) is 4.39 Å². The van der Waals surface area contributed by atoms with Gasteiger partial charge in [0.25, 0.3) is 0 Å². The fraction of sp³-hybridized carbons (Fsp3) is 0.571. The summed E-state index contributed by atoms with van der Waals surface area (Å²) >= 11 is 0. The summed E-state index contributed by atoms with van der Waals surface area (Å²) in [5.41, 5.74) is 7.68. The highest BCUT2D eigenvalue weighted by Crippen LogP contribution is 2.38. The van der Waals surface area contributed by atoms with Crippen LogP contribution in [0.15, 0.2) is 12.1 Å². The number of phenols is 1. The summed E-state index contributed by atoms with van der Waals surface area (Å²) in [6, 6.07) is 2.74. The Bertz CT molecular complexity index is 405. The van der Waals surface area contributed by atoms with Gasteiger partial charge in [0.2, 0.25) is 0 Å². The number of phenolic OH excluding ortho intramolecular Hbond substituents is 1. The van der Waals surface area contributed by atoms with Crippen molar-refractivity contribution in [2.75, 3.05) is 0 Å². The fourth-order valence-electron chi connectivity index (χ4n) is 2.83. The van der Waals surface area contributed by atoms with Gasteiger partial charge in [0.05, 0.1) is 0 Å². The quantitative estimate of drug-likeness (QED) is 0.860. The highest BCUT2D eigenvalue weighted by Gasteiger charge is 2.26. The summed E-state index contributed by atoms with van der Waals surface area (Å²) in [5.74, 6) is -0.463. The first-order valence-electron chi connectivity index (χ1n) is 6.35. The van der Waals surface area contributed by atoms with Crippen molar-refractivity contribution in [1.82, 2.24) is 0 Å². The van der Waals surface area contributed by atoms with Crippen molar-refractivity contribution in [2.45, 2.75) is 45.1 Å². The fourth-order valence-corrected chi connectivity index (χ4v) is 2.83. The van der Waals surface area contributed by atoms with E-state index < -0.39 is 5.82 Å². The Hall–Kier alpha value is -0.800. The van der Waals surface area contributed by atoms with Crippen molar-refractivity contribution in [3.05, 3.63) is 29.1 Å². The lowest BCUT2D eigenvalue weighted by molar-refractivity contribution is 0.300. The van der Waals surface area contributed by atoms with Crippen LogP contribution in [-0.4, -0.2) is 5.11 Å². The van der Waals surface area contributed by atoms with Gasteiger partial charge >= 0.3 is 0 Å². The number of aromatic hydroxyl groups is 1. The molecule has 2 rings (SSSR count). The second-order valence-electron chi connectivity index (χ2n) is 5.05. The highest BCUT2D eigenvalue weighted by atomic mass is 35.5. The molecule has 0 aliphatic heterocycles. The van der Waals surface area contributed by atoms with Gasteiger partial charge in [-0.05, 0) is 37.3 Å². The lowest BCUT2D eigenvalue weighted by atomic mass is 9.80. The molecule has 2 nitrogen and oxygen atoms in total. The molecule has 0 heterocycles. The molecule has 0 aromatic heterocycles. The number of aryl methyl sites for hydroxylation is 1. The largest absolute Gasteiger partial charge is 0.505 e. The van der Waals surface area contributed by atoms with E-state index in [9.17, 15) is 9.50 Å². The summed E-state index contributed by atoms with van der Waals surface area (Å²) in [7, 11) is 0. The third-order valence-corrected chi connectivity index (χ3v) is 3.88. The number of rotatable bonds is 2. The van der Waals surface area contributed by atoms with Crippen molar-refractivity contribution in [3.63, 3.8) is 0 Å². The Morgan fingerprint density at radius 3 is 2.50 bits per heavy atom. The maximum atomic E-state index is 13.4. The van der Waals surface area contributed by atoms with Crippen LogP contribution in [0.2, 0.25) is 0 Å². The lowest BCUT2D eigenvalue weighted by Crippen LogP contribution is -2.24. The molecular weight excluding hydrogens is 253 g/mol. The van der Waals surface area contributed by atoms with E-state index in [0.717, 1.165) is 18.4 Å². The third-order valence-electron chi connectivity index (χ3n) is 3.88. The van der Waals surface area contributed by atoms with Crippen molar-refractivity contribution in [2.24, 2.45) is 11.7 Å². The average molecular weight is 274 g/mol. The maximum Gasteiger partial charge on any atom is 0.165 e. The van der Waals surface area contributed by atoms with E-state index >= 15 is 0 Å². The normalized spacial score (nSPS) is 18.2. The molecule has 1 atom stereocenters. The molecule has 1 aromatic carbocycles. The molecule has 3 N–H and O–H groups in total. The maximum absolute atomic E-state index is 13.4. The van der Waals surface area contributed by atoms with E-state index in [1.807, 2.05) is 6.92 Å².